The van der Waals surface area contributed by atoms with E-state index in [9.17, 15) is 4.39 Å². The quantitative estimate of drug-likeness (QED) is 0.786. The Morgan fingerprint density at radius 2 is 2.15 bits per heavy atom. The van der Waals surface area contributed by atoms with Crippen LogP contribution in [-0.2, 0) is 6.54 Å². The molecule has 0 saturated carbocycles. The Bertz CT molecular complexity index is 299. The van der Waals surface area contributed by atoms with Crippen molar-refractivity contribution in [1.29, 1.82) is 0 Å². The van der Waals surface area contributed by atoms with Crippen LogP contribution in [0.5, 0.6) is 0 Å². The zero-order valence-corrected chi connectivity index (χ0v) is 7.94. The summed E-state index contributed by atoms with van der Waals surface area (Å²) in [6.07, 6.45) is 0. The molecule has 1 rings (SSSR count). The van der Waals surface area contributed by atoms with Crippen molar-refractivity contribution in [3.8, 4) is 0 Å². The average molecular weight is 200 g/mol. The number of halogens is 2. The van der Waals surface area contributed by atoms with E-state index in [1.807, 2.05) is 0 Å². The Kier molecular flexibility index (Phi) is 3.93. The second-order valence-electron chi connectivity index (χ2n) is 2.71. The third-order valence-electron chi connectivity index (χ3n) is 1.59. The molecule has 0 saturated heterocycles. The molecule has 0 amide bonds. The summed E-state index contributed by atoms with van der Waals surface area (Å²) in [5.74, 6) is -0.199. The van der Waals surface area contributed by atoms with Crippen molar-refractivity contribution in [2.24, 2.45) is 0 Å². The van der Waals surface area contributed by atoms with Crippen LogP contribution in [0, 0.1) is 5.82 Å². The van der Waals surface area contributed by atoms with E-state index >= 15 is 0 Å². The molecule has 3 heteroatoms. The molecule has 0 spiro atoms. The van der Waals surface area contributed by atoms with Crippen molar-refractivity contribution >= 4 is 11.6 Å². The van der Waals surface area contributed by atoms with Gasteiger partial charge in [0.15, 0.2) is 0 Å². The molecule has 70 valence electrons. The molecule has 0 aliphatic heterocycles. The van der Waals surface area contributed by atoms with Crippen LogP contribution in [0.25, 0.3) is 0 Å². The maximum atomic E-state index is 13.0. The normalized spacial score (nSPS) is 10.0. The van der Waals surface area contributed by atoms with Gasteiger partial charge in [0.05, 0.1) is 0 Å². The molecule has 1 nitrogen and oxygen atoms in total. The molecular weight excluding hydrogens is 189 g/mol. The number of nitrogens with one attached hydrogen (secondary N) is 1. The Hall–Kier alpha value is -0.860. The summed E-state index contributed by atoms with van der Waals surface area (Å²) < 4.78 is 13.0. The Labute approximate surface area is 82.2 Å². The first-order chi connectivity index (χ1) is 6.20. The number of hydrogen-bond donors (Lipinski definition) is 1. The fourth-order valence-electron chi connectivity index (χ4n) is 0.975. The van der Waals surface area contributed by atoms with Gasteiger partial charge in [-0.25, -0.2) is 4.39 Å². The summed E-state index contributed by atoms with van der Waals surface area (Å²) in [6, 6.07) is 6.64. The van der Waals surface area contributed by atoms with Crippen LogP contribution < -0.4 is 5.32 Å². The first-order valence-electron chi connectivity index (χ1n) is 3.97. The standard InChI is InChI=1S/C10H11ClFN/c1-8(11)6-13-7-9-4-2-3-5-10(9)12/h2-5,13H,1,6-7H2. The lowest BCUT2D eigenvalue weighted by Gasteiger charge is -2.03. The van der Waals surface area contributed by atoms with Crippen LogP contribution in [-0.4, -0.2) is 6.54 Å². The van der Waals surface area contributed by atoms with E-state index in [1.165, 1.54) is 6.07 Å². The van der Waals surface area contributed by atoms with E-state index in [2.05, 4.69) is 11.9 Å². The summed E-state index contributed by atoms with van der Waals surface area (Å²) in [6.45, 7) is 4.48. The zero-order valence-electron chi connectivity index (χ0n) is 7.19. The van der Waals surface area contributed by atoms with Crippen molar-refractivity contribution in [3.63, 3.8) is 0 Å². The first kappa shape index (κ1) is 10.2. The van der Waals surface area contributed by atoms with E-state index in [1.54, 1.807) is 18.2 Å². The molecule has 0 unspecified atom stereocenters. The molecule has 0 aromatic heterocycles. The molecule has 0 atom stereocenters. The van der Waals surface area contributed by atoms with Gasteiger partial charge in [0.1, 0.15) is 5.82 Å². The highest BCUT2D eigenvalue weighted by atomic mass is 35.5. The third-order valence-corrected chi connectivity index (χ3v) is 1.72. The van der Waals surface area contributed by atoms with E-state index in [-0.39, 0.29) is 5.82 Å². The maximum absolute atomic E-state index is 13.0. The fourth-order valence-corrected chi connectivity index (χ4v) is 1.07. The third kappa shape index (κ3) is 3.57. The van der Waals surface area contributed by atoms with E-state index in [4.69, 9.17) is 11.6 Å². The van der Waals surface area contributed by atoms with Crippen molar-refractivity contribution in [2.45, 2.75) is 6.54 Å². The molecule has 0 aliphatic carbocycles. The molecule has 0 bridgehead atoms. The average Bonchev–Trinajstić information content (AvgIpc) is 2.08. The van der Waals surface area contributed by atoms with Crippen LogP contribution in [0.2, 0.25) is 0 Å². The smallest absolute Gasteiger partial charge is 0.127 e. The second-order valence-corrected chi connectivity index (χ2v) is 3.25. The highest BCUT2D eigenvalue weighted by molar-refractivity contribution is 6.29. The van der Waals surface area contributed by atoms with Gasteiger partial charge in [-0.05, 0) is 6.07 Å². The predicted octanol–water partition coefficient (Wildman–Crippen LogP) is 2.67. The maximum Gasteiger partial charge on any atom is 0.127 e. The first-order valence-corrected chi connectivity index (χ1v) is 4.35. The molecule has 0 radical (unpaired) electrons. The topological polar surface area (TPSA) is 12.0 Å². The van der Waals surface area contributed by atoms with Gasteiger partial charge in [0, 0.05) is 23.7 Å². The molecule has 1 aromatic carbocycles. The van der Waals surface area contributed by atoms with E-state index in [0.717, 1.165) is 0 Å². The molecule has 1 aromatic rings. The van der Waals surface area contributed by atoms with Crippen LogP contribution in [0.4, 0.5) is 4.39 Å². The van der Waals surface area contributed by atoms with Crippen LogP contribution >= 0.6 is 11.6 Å². The monoisotopic (exact) mass is 199 g/mol. The van der Waals surface area contributed by atoms with Gasteiger partial charge >= 0.3 is 0 Å². The largest absolute Gasteiger partial charge is 0.308 e. The minimum absolute atomic E-state index is 0.199. The lowest BCUT2D eigenvalue weighted by Crippen LogP contribution is -2.15. The SMILES string of the molecule is C=C(Cl)CNCc1ccccc1F. The lowest BCUT2D eigenvalue weighted by atomic mass is 10.2. The zero-order chi connectivity index (χ0) is 9.68. The summed E-state index contributed by atoms with van der Waals surface area (Å²) >= 11 is 5.53. The molecule has 0 heterocycles. The predicted molar refractivity (Wildman–Crippen MR) is 53.1 cm³/mol. The highest BCUT2D eigenvalue weighted by Gasteiger charge is 1.98. The van der Waals surface area contributed by atoms with Gasteiger partial charge in [-0.1, -0.05) is 36.4 Å². The molecule has 13 heavy (non-hydrogen) atoms. The second kappa shape index (κ2) is 5.00. The van der Waals surface area contributed by atoms with Crippen molar-refractivity contribution in [3.05, 3.63) is 47.3 Å². The highest BCUT2D eigenvalue weighted by Crippen LogP contribution is 2.05. The Morgan fingerprint density at radius 3 is 2.77 bits per heavy atom. The van der Waals surface area contributed by atoms with Crippen LogP contribution in [0.15, 0.2) is 35.9 Å². The molecule has 1 N–H and O–H groups in total. The van der Waals surface area contributed by atoms with Crippen molar-refractivity contribution in [1.82, 2.24) is 5.32 Å². The molecule has 0 fully saturated rings. The van der Waals surface area contributed by atoms with Gasteiger partial charge in [0.2, 0.25) is 0 Å². The van der Waals surface area contributed by atoms with Crippen molar-refractivity contribution in [2.75, 3.05) is 6.54 Å². The Morgan fingerprint density at radius 1 is 1.46 bits per heavy atom. The van der Waals surface area contributed by atoms with E-state index < -0.39 is 0 Å². The fraction of sp³-hybridized carbons (Fsp3) is 0.200. The van der Waals surface area contributed by atoms with Crippen molar-refractivity contribution < 1.29 is 4.39 Å². The van der Waals surface area contributed by atoms with Gasteiger partial charge in [-0.2, -0.15) is 0 Å². The lowest BCUT2D eigenvalue weighted by molar-refractivity contribution is 0.596. The minimum atomic E-state index is -0.199. The minimum Gasteiger partial charge on any atom is -0.308 e. The van der Waals surface area contributed by atoms with Gasteiger partial charge in [-0.15, -0.1) is 0 Å². The molecular formula is C10H11ClFN. The number of rotatable bonds is 4. The number of benzene rings is 1. The number of hydrogen-bond acceptors (Lipinski definition) is 1. The van der Waals surface area contributed by atoms with Gasteiger partial charge in [0.25, 0.3) is 0 Å². The van der Waals surface area contributed by atoms with E-state index in [0.29, 0.717) is 23.7 Å². The summed E-state index contributed by atoms with van der Waals surface area (Å²) in [5, 5.41) is 3.49. The Balaban J connectivity index is 2.45. The molecule has 0 aliphatic rings. The van der Waals surface area contributed by atoms with Gasteiger partial charge in [-0.3, -0.25) is 0 Å². The van der Waals surface area contributed by atoms with Crippen LogP contribution in [0.1, 0.15) is 5.56 Å². The summed E-state index contributed by atoms with van der Waals surface area (Å²) in [4.78, 5) is 0. The summed E-state index contributed by atoms with van der Waals surface area (Å²) in [7, 11) is 0. The summed E-state index contributed by atoms with van der Waals surface area (Å²) in [5.41, 5.74) is 0.639. The van der Waals surface area contributed by atoms with Crippen LogP contribution in [0.3, 0.4) is 0 Å². The van der Waals surface area contributed by atoms with Gasteiger partial charge < -0.3 is 5.32 Å².